The Morgan fingerprint density at radius 1 is 1.04 bits per heavy atom. The van der Waals surface area contributed by atoms with E-state index in [-0.39, 0.29) is 12.8 Å². The average molecular weight is 345 g/mol. The van der Waals surface area contributed by atoms with Crippen molar-refractivity contribution >= 4 is 34.6 Å². The maximum absolute atomic E-state index is 5.95. The van der Waals surface area contributed by atoms with Crippen molar-refractivity contribution in [1.82, 2.24) is 10.6 Å². The molecule has 23 heavy (non-hydrogen) atoms. The molecule has 0 spiro atoms. The predicted octanol–water partition coefficient (Wildman–Crippen LogP) is 3.63. The number of hydrogen-bond acceptors (Lipinski definition) is 3. The molecule has 0 saturated heterocycles. The van der Waals surface area contributed by atoms with E-state index in [1.807, 2.05) is 42.5 Å². The van der Waals surface area contributed by atoms with Crippen LogP contribution in [0.2, 0.25) is 5.02 Å². The quantitative estimate of drug-likeness (QED) is 0.814. The minimum absolute atomic E-state index is 0.0380. The maximum atomic E-state index is 5.95. The Bertz CT molecular complexity index is 805. The molecule has 4 rings (SSSR count). The lowest BCUT2D eigenvalue weighted by molar-refractivity contribution is 0.174. The Balaban J connectivity index is 1.69. The van der Waals surface area contributed by atoms with Crippen LogP contribution in [0.3, 0.4) is 0 Å². The van der Waals surface area contributed by atoms with Crippen LogP contribution in [0.25, 0.3) is 5.70 Å². The summed E-state index contributed by atoms with van der Waals surface area (Å²) >= 11 is 11.3. The SMILES string of the molecule is S=C1NC(c2ccc(Cl)cc2)=CC(c2ccc3c(c2)OCO3)N1. The van der Waals surface area contributed by atoms with Gasteiger partial charge in [-0.2, -0.15) is 0 Å². The molecular formula is C17H13ClN2O2S. The zero-order valence-corrected chi connectivity index (χ0v) is 13.6. The van der Waals surface area contributed by atoms with Gasteiger partial charge < -0.3 is 20.1 Å². The van der Waals surface area contributed by atoms with Crippen molar-refractivity contribution in [2.24, 2.45) is 0 Å². The third kappa shape index (κ3) is 2.85. The Labute approximate surface area is 144 Å². The van der Waals surface area contributed by atoms with Gasteiger partial charge in [0.15, 0.2) is 16.6 Å². The lowest BCUT2D eigenvalue weighted by atomic mass is 10.0. The van der Waals surface area contributed by atoms with E-state index in [9.17, 15) is 0 Å². The Morgan fingerprint density at radius 2 is 1.83 bits per heavy atom. The predicted molar refractivity (Wildman–Crippen MR) is 93.6 cm³/mol. The number of fused-ring (bicyclic) bond motifs is 1. The van der Waals surface area contributed by atoms with Crippen molar-refractivity contribution in [3.8, 4) is 11.5 Å². The van der Waals surface area contributed by atoms with E-state index < -0.39 is 0 Å². The molecule has 0 aromatic heterocycles. The van der Waals surface area contributed by atoms with Gasteiger partial charge in [-0.15, -0.1) is 0 Å². The van der Waals surface area contributed by atoms with Crippen LogP contribution in [0.1, 0.15) is 17.2 Å². The van der Waals surface area contributed by atoms with Crippen LogP contribution in [0.15, 0.2) is 48.5 Å². The van der Waals surface area contributed by atoms with Gasteiger partial charge in [-0.1, -0.05) is 29.8 Å². The van der Waals surface area contributed by atoms with Crippen molar-refractivity contribution in [2.75, 3.05) is 6.79 Å². The molecule has 6 heteroatoms. The van der Waals surface area contributed by atoms with Gasteiger partial charge in [0.1, 0.15) is 0 Å². The first-order valence-electron chi connectivity index (χ1n) is 7.14. The summed E-state index contributed by atoms with van der Waals surface area (Å²) < 4.78 is 10.8. The topological polar surface area (TPSA) is 42.5 Å². The first-order valence-corrected chi connectivity index (χ1v) is 7.92. The molecule has 2 aliphatic rings. The molecule has 0 saturated carbocycles. The van der Waals surface area contributed by atoms with Crippen molar-refractivity contribution in [2.45, 2.75) is 6.04 Å². The van der Waals surface area contributed by atoms with Crippen LogP contribution in [0.5, 0.6) is 11.5 Å². The molecule has 1 atom stereocenters. The molecule has 116 valence electrons. The van der Waals surface area contributed by atoms with E-state index in [0.717, 1.165) is 28.3 Å². The standard InChI is InChI=1S/C17H13ClN2O2S/c18-12-4-1-10(2-5-12)13-8-14(20-17(23)19-13)11-3-6-15-16(7-11)22-9-21-15/h1-8,14H,9H2,(H2,19,20,23). The van der Waals surface area contributed by atoms with E-state index in [2.05, 4.69) is 16.7 Å². The molecule has 2 aromatic carbocycles. The summed E-state index contributed by atoms with van der Waals surface area (Å²) in [5, 5.41) is 7.73. The first kappa shape index (κ1) is 14.4. The van der Waals surface area contributed by atoms with E-state index in [4.69, 9.17) is 33.3 Å². The molecule has 1 unspecified atom stereocenters. The number of benzene rings is 2. The summed E-state index contributed by atoms with van der Waals surface area (Å²) in [6.45, 7) is 0.267. The Kier molecular flexibility index (Phi) is 3.59. The smallest absolute Gasteiger partial charge is 0.231 e. The summed E-state index contributed by atoms with van der Waals surface area (Å²) in [5.74, 6) is 1.53. The third-order valence-electron chi connectivity index (χ3n) is 3.78. The van der Waals surface area contributed by atoms with Crippen LogP contribution in [0, 0.1) is 0 Å². The van der Waals surface area contributed by atoms with E-state index >= 15 is 0 Å². The second kappa shape index (κ2) is 5.76. The molecule has 2 heterocycles. The van der Waals surface area contributed by atoms with E-state index in [0.29, 0.717) is 10.1 Å². The maximum Gasteiger partial charge on any atom is 0.231 e. The molecule has 2 aromatic rings. The lowest BCUT2D eigenvalue weighted by Crippen LogP contribution is -2.40. The van der Waals surface area contributed by atoms with Gasteiger partial charge in [0.25, 0.3) is 0 Å². The molecule has 0 bridgehead atoms. The van der Waals surface area contributed by atoms with Crippen molar-refractivity contribution in [3.63, 3.8) is 0 Å². The lowest BCUT2D eigenvalue weighted by Gasteiger charge is -2.26. The second-order valence-corrected chi connectivity index (χ2v) is 6.12. The van der Waals surface area contributed by atoms with Crippen molar-refractivity contribution < 1.29 is 9.47 Å². The van der Waals surface area contributed by atoms with Crippen LogP contribution >= 0.6 is 23.8 Å². The summed E-state index contributed by atoms with van der Waals surface area (Å²) in [6.07, 6.45) is 2.09. The highest BCUT2D eigenvalue weighted by molar-refractivity contribution is 7.80. The van der Waals surface area contributed by atoms with Gasteiger partial charge in [-0.25, -0.2) is 0 Å². The number of rotatable bonds is 2. The summed E-state index contributed by atoms with van der Waals surface area (Å²) in [6, 6.07) is 13.5. The number of thiocarbonyl (C=S) groups is 1. The van der Waals surface area contributed by atoms with E-state index in [1.54, 1.807) is 0 Å². The van der Waals surface area contributed by atoms with E-state index in [1.165, 1.54) is 0 Å². The second-order valence-electron chi connectivity index (χ2n) is 5.28. The first-order chi connectivity index (χ1) is 11.2. The minimum atomic E-state index is -0.0380. The normalized spacial score (nSPS) is 18.9. The number of halogens is 1. The van der Waals surface area contributed by atoms with Crippen LogP contribution in [-0.2, 0) is 0 Å². The molecule has 0 radical (unpaired) electrons. The molecule has 0 fully saturated rings. The number of hydrogen-bond donors (Lipinski definition) is 2. The molecule has 2 aliphatic heterocycles. The highest BCUT2D eigenvalue weighted by atomic mass is 35.5. The van der Waals surface area contributed by atoms with Crippen molar-refractivity contribution in [3.05, 3.63) is 64.7 Å². The van der Waals surface area contributed by atoms with Gasteiger partial charge >= 0.3 is 0 Å². The fraction of sp³-hybridized carbons (Fsp3) is 0.118. The van der Waals surface area contributed by atoms with Gasteiger partial charge in [0.05, 0.1) is 6.04 Å². The Hall–Kier alpha value is -2.24. The van der Waals surface area contributed by atoms with Gasteiger partial charge in [-0.3, -0.25) is 0 Å². The largest absolute Gasteiger partial charge is 0.454 e. The molecule has 0 amide bonds. The average Bonchev–Trinajstić information content (AvgIpc) is 3.02. The molecule has 2 N–H and O–H groups in total. The van der Waals surface area contributed by atoms with Crippen molar-refractivity contribution in [1.29, 1.82) is 0 Å². The zero-order chi connectivity index (χ0) is 15.8. The minimum Gasteiger partial charge on any atom is -0.454 e. The molecule has 4 nitrogen and oxygen atoms in total. The van der Waals surface area contributed by atoms with Crippen LogP contribution in [0.4, 0.5) is 0 Å². The molecular weight excluding hydrogens is 332 g/mol. The fourth-order valence-electron chi connectivity index (χ4n) is 2.63. The summed E-state index contributed by atoms with van der Waals surface area (Å²) in [7, 11) is 0. The molecule has 0 aliphatic carbocycles. The number of ether oxygens (including phenoxy) is 2. The monoisotopic (exact) mass is 344 g/mol. The third-order valence-corrected chi connectivity index (χ3v) is 4.25. The number of nitrogens with one attached hydrogen (secondary N) is 2. The Morgan fingerprint density at radius 3 is 2.65 bits per heavy atom. The summed E-state index contributed by atoms with van der Waals surface area (Å²) in [5.41, 5.74) is 3.04. The van der Waals surface area contributed by atoms with Gasteiger partial charge in [0.2, 0.25) is 6.79 Å². The fourth-order valence-corrected chi connectivity index (χ4v) is 3.00. The van der Waals surface area contributed by atoms with Gasteiger partial charge in [0, 0.05) is 10.7 Å². The summed E-state index contributed by atoms with van der Waals surface area (Å²) in [4.78, 5) is 0. The highest BCUT2D eigenvalue weighted by Crippen LogP contribution is 2.35. The van der Waals surface area contributed by atoms with Crippen LogP contribution < -0.4 is 20.1 Å². The highest BCUT2D eigenvalue weighted by Gasteiger charge is 2.21. The van der Waals surface area contributed by atoms with Gasteiger partial charge in [-0.05, 0) is 53.7 Å². The van der Waals surface area contributed by atoms with Crippen LogP contribution in [-0.4, -0.2) is 11.9 Å². The zero-order valence-electron chi connectivity index (χ0n) is 12.0.